The molecule has 1 aromatic rings. The minimum absolute atomic E-state index is 0.0441. The minimum Gasteiger partial charge on any atom is -0.394 e. The third kappa shape index (κ3) is 2.85. The first-order chi connectivity index (χ1) is 6.63. The zero-order valence-electron chi connectivity index (χ0n) is 8.45. The van der Waals surface area contributed by atoms with Gasteiger partial charge in [0.05, 0.1) is 6.61 Å². The number of hydrogen-bond donors (Lipinski definition) is 2. The standard InChI is InChI=1S/C11H15NO2/c1-8-4-3-5-10(6-8)11(14)12-9(2)7-13/h3-6,9,13H,7H2,1-2H3,(H,12,14)/t9-/m0/s1. The van der Waals surface area contributed by atoms with Crippen LogP contribution in [0.25, 0.3) is 0 Å². The summed E-state index contributed by atoms with van der Waals surface area (Å²) in [4.78, 5) is 11.5. The second-order valence-corrected chi connectivity index (χ2v) is 3.43. The van der Waals surface area contributed by atoms with E-state index >= 15 is 0 Å². The molecule has 1 rings (SSSR count). The maximum atomic E-state index is 11.5. The Labute approximate surface area is 83.8 Å². The van der Waals surface area contributed by atoms with Gasteiger partial charge in [-0.1, -0.05) is 17.7 Å². The summed E-state index contributed by atoms with van der Waals surface area (Å²) in [5.74, 6) is -0.143. The van der Waals surface area contributed by atoms with Gasteiger partial charge in [0, 0.05) is 11.6 Å². The molecule has 0 aliphatic rings. The van der Waals surface area contributed by atoms with Crippen molar-refractivity contribution in [2.24, 2.45) is 0 Å². The van der Waals surface area contributed by atoms with Gasteiger partial charge < -0.3 is 10.4 Å². The zero-order chi connectivity index (χ0) is 10.6. The molecular formula is C11H15NO2. The van der Waals surface area contributed by atoms with Gasteiger partial charge in [0.15, 0.2) is 0 Å². The van der Waals surface area contributed by atoms with E-state index in [-0.39, 0.29) is 18.6 Å². The molecule has 76 valence electrons. The van der Waals surface area contributed by atoms with Crippen molar-refractivity contribution in [3.05, 3.63) is 35.4 Å². The van der Waals surface area contributed by atoms with Crippen molar-refractivity contribution in [2.75, 3.05) is 6.61 Å². The van der Waals surface area contributed by atoms with Gasteiger partial charge in [-0.15, -0.1) is 0 Å². The van der Waals surface area contributed by atoms with Crippen molar-refractivity contribution in [1.82, 2.24) is 5.32 Å². The molecular weight excluding hydrogens is 178 g/mol. The Morgan fingerprint density at radius 2 is 2.29 bits per heavy atom. The molecule has 3 nitrogen and oxygen atoms in total. The van der Waals surface area contributed by atoms with Crippen LogP contribution >= 0.6 is 0 Å². The summed E-state index contributed by atoms with van der Waals surface area (Å²) in [6, 6.07) is 7.15. The third-order valence-electron chi connectivity index (χ3n) is 1.93. The monoisotopic (exact) mass is 193 g/mol. The van der Waals surface area contributed by atoms with Crippen LogP contribution in [-0.4, -0.2) is 23.7 Å². The summed E-state index contributed by atoms with van der Waals surface area (Å²) in [6.45, 7) is 3.65. The van der Waals surface area contributed by atoms with E-state index in [4.69, 9.17) is 5.11 Å². The van der Waals surface area contributed by atoms with E-state index in [9.17, 15) is 4.79 Å². The van der Waals surface area contributed by atoms with Crippen LogP contribution in [0.5, 0.6) is 0 Å². The molecule has 0 bridgehead atoms. The van der Waals surface area contributed by atoms with E-state index in [1.807, 2.05) is 25.1 Å². The molecule has 0 aliphatic carbocycles. The zero-order valence-corrected chi connectivity index (χ0v) is 8.45. The molecule has 0 spiro atoms. The van der Waals surface area contributed by atoms with Crippen molar-refractivity contribution in [3.63, 3.8) is 0 Å². The maximum Gasteiger partial charge on any atom is 0.251 e. The molecule has 3 heteroatoms. The molecule has 14 heavy (non-hydrogen) atoms. The molecule has 1 aromatic carbocycles. The Morgan fingerprint density at radius 1 is 1.57 bits per heavy atom. The lowest BCUT2D eigenvalue weighted by Crippen LogP contribution is -2.34. The Morgan fingerprint density at radius 3 is 2.86 bits per heavy atom. The predicted molar refractivity (Wildman–Crippen MR) is 55.2 cm³/mol. The summed E-state index contributed by atoms with van der Waals surface area (Å²) >= 11 is 0. The van der Waals surface area contributed by atoms with E-state index in [0.717, 1.165) is 5.56 Å². The minimum atomic E-state index is -0.206. The molecule has 0 aromatic heterocycles. The normalized spacial score (nSPS) is 12.2. The Balaban J connectivity index is 2.70. The molecule has 0 unspecified atom stereocenters. The summed E-state index contributed by atoms with van der Waals surface area (Å²) in [5.41, 5.74) is 1.68. The molecule has 0 saturated carbocycles. The number of carbonyl (C=O) groups excluding carboxylic acids is 1. The van der Waals surface area contributed by atoms with Gasteiger partial charge in [-0.3, -0.25) is 4.79 Å². The lowest BCUT2D eigenvalue weighted by molar-refractivity contribution is 0.0922. The van der Waals surface area contributed by atoms with Crippen LogP contribution < -0.4 is 5.32 Å². The van der Waals surface area contributed by atoms with Crippen LogP contribution in [0.2, 0.25) is 0 Å². The van der Waals surface area contributed by atoms with Gasteiger partial charge in [0.1, 0.15) is 0 Å². The lowest BCUT2D eigenvalue weighted by Gasteiger charge is -2.10. The molecule has 0 aliphatic heterocycles. The van der Waals surface area contributed by atoms with Crippen molar-refractivity contribution >= 4 is 5.91 Å². The topological polar surface area (TPSA) is 49.3 Å². The number of amides is 1. The second-order valence-electron chi connectivity index (χ2n) is 3.43. The van der Waals surface area contributed by atoms with Crippen LogP contribution in [0, 0.1) is 6.92 Å². The van der Waals surface area contributed by atoms with E-state index in [2.05, 4.69) is 5.32 Å². The van der Waals surface area contributed by atoms with Crippen molar-refractivity contribution in [1.29, 1.82) is 0 Å². The quantitative estimate of drug-likeness (QED) is 0.755. The number of aliphatic hydroxyl groups excluding tert-OH is 1. The highest BCUT2D eigenvalue weighted by molar-refractivity contribution is 5.94. The number of carbonyl (C=O) groups is 1. The third-order valence-corrected chi connectivity index (χ3v) is 1.93. The van der Waals surface area contributed by atoms with Crippen LogP contribution in [0.1, 0.15) is 22.8 Å². The first-order valence-electron chi connectivity index (χ1n) is 4.62. The van der Waals surface area contributed by atoms with Crippen molar-refractivity contribution in [2.45, 2.75) is 19.9 Å². The first kappa shape index (κ1) is 10.7. The smallest absolute Gasteiger partial charge is 0.251 e. The van der Waals surface area contributed by atoms with Crippen molar-refractivity contribution in [3.8, 4) is 0 Å². The summed E-state index contributed by atoms with van der Waals surface area (Å²) < 4.78 is 0. The molecule has 1 atom stereocenters. The highest BCUT2D eigenvalue weighted by atomic mass is 16.3. The Kier molecular flexibility index (Phi) is 3.65. The number of benzene rings is 1. The number of aliphatic hydroxyl groups is 1. The van der Waals surface area contributed by atoms with Crippen LogP contribution in [0.15, 0.2) is 24.3 Å². The van der Waals surface area contributed by atoms with Crippen LogP contribution in [0.3, 0.4) is 0 Å². The largest absolute Gasteiger partial charge is 0.394 e. The molecule has 2 N–H and O–H groups in total. The maximum absolute atomic E-state index is 11.5. The number of aryl methyl sites for hydroxylation is 1. The number of nitrogens with one attached hydrogen (secondary N) is 1. The van der Waals surface area contributed by atoms with Crippen LogP contribution in [0.4, 0.5) is 0 Å². The SMILES string of the molecule is Cc1cccc(C(=O)N[C@@H](C)CO)c1. The molecule has 0 saturated heterocycles. The number of hydrogen-bond acceptors (Lipinski definition) is 2. The van der Waals surface area contributed by atoms with E-state index in [1.54, 1.807) is 13.0 Å². The molecule has 1 amide bonds. The average molecular weight is 193 g/mol. The van der Waals surface area contributed by atoms with Crippen molar-refractivity contribution < 1.29 is 9.90 Å². The average Bonchev–Trinajstić information content (AvgIpc) is 2.17. The Bertz CT molecular complexity index is 323. The highest BCUT2D eigenvalue weighted by Gasteiger charge is 2.08. The molecule has 0 heterocycles. The van der Waals surface area contributed by atoms with Gasteiger partial charge in [-0.05, 0) is 26.0 Å². The van der Waals surface area contributed by atoms with Crippen LogP contribution in [-0.2, 0) is 0 Å². The van der Waals surface area contributed by atoms with Gasteiger partial charge >= 0.3 is 0 Å². The molecule has 0 radical (unpaired) electrons. The second kappa shape index (κ2) is 4.77. The lowest BCUT2D eigenvalue weighted by atomic mass is 10.1. The van der Waals surface area contributed by atoms with Gasteiger partial charge in [0.25, 0.3) is 5.91 Å². The molecule has 0 fully saturated rings. The van der Waals surface area contributed by atoms with E-state index < -0.39 is 0 Å². The fourth-order valence-corrected chi connectivity index (χ4v) is 1.14. The summed E-state index contributed by atoms with van der Waals surface area (Å²) in [7, 11) is 0. The first-order valence-corrected chi connectivity index (χ1v) is 4.62. The fourth-order valence-electron chi connectivity index (χ4n) is 1.14. The van der Waals surface area contributed by atoms with E-state index in [1.165, 1.54) is 0 Å². The van der Waals surface area contributed by atoms with Gasteiger partial charge in [-0.25, -0.2) is 0 Å². The summed E-state index contributed by atoms with van der Waals surface area (Å²) in [6.07, 6.45) is 0. The summed E-state index contributed by atoms with van der Waals surface area (Å²) in [5, 5.41) is 11.5. The number of rotatable bonds is 3. The Hall–Kier alpha value is -1.35. The fraction of sp³-hybridized carbons (Fsp3) is 0.364. The highest BCUT2D eigenvalue weighted by Crippen LogP contribution is 2.03. The van der Waals surface area contributed by atoms with Gasteiger partial charge in [-0.2, -0.15) is 0 Å². The predicted octanol–water partition coefficient (Wildman–Crippen LogP) is 1.11. The van der Waals surface area contributed by atoms with E-state index in [0.29, 0.717) is 5.56 Å². The van der Waals surface area contributed by atoms with Gasteiger partial charge in [0.2, 0.25) is 0 Å².